The normalized spacial score (nSPS) is 27.6. The monoisotopic (exact) mass is 670 g/mol. The number of fused-ring (bicyclic) bond motifs is 1. The highest BCUT2D eigenvalue weighted by Gasteiger charge is 2.51. The van der Waals surface area contributed by atoms with E-state index in [4.69, 9.17) is 28.4 Å². The molecule has 0 radical (unpaired) electrons. The third-order valence-corrected chi connectivity index (χ3v) is 9.81. The second-order valence-electron chi connectivity index (χ2n) is 12.7. The number of carboxylic acids is 1. The van der Waals surface area contributed by atoms with Crippen LogP contribution < -0.4 is 23.7 Å². The van der Waals surface area contributed by atoms with Gasteiger partial charge in [-0.15, -0.1) is 0 Å². The molecule has 49 heavy (non-hydrogen) atoms. The van der Waals surface area contributed by atoms with Crippen LogP contribution in [0.2, 0.25) is 0 Å². The van der Waals surface area contributed by atoms with Crippen molar-refractivity contribution >= 4 is 5.97 Å². The van der Waals surface area contributed by atoms with Crippen molar-refractivity contribution < 1.29 is 58.7 Å². The van der Waals surface area contributed by atoms with Gasteiger partial charge < -0.3 is 54.0 Å². The van der Waals surface area contributed by atoms with Gasteiger partial charge in [0.15, 0.2) is 17.6 Å². The van der Waals surface area contributed by atoms with Crippen molar-refractivity contribution in [2.24, 2.45) is 0 Å². The van der Waals surface area contributed by atoms with Crippen LogP contribution in [0.25, 0.3) is 11.1 Å². The molecule has 12 nitrogen and oxygen atoms in total. The van der Waals surface area contributed by atoms with Gasteiger partial charge in [0, 0.05) is 23.6 Å². The Morgan fingerprint density at radius 2 is 1.67 bits per heavy atom. The minimum Gasteiger partial charge on any atom is -0.508 e. The van der Waals surface area contributed by atoms with Gasteiger partial charge in [-0.3, -0.25) is 0 Å². The Kier molecular flexibility index (Phi) is 7.56. The van der Waals surface area contributed by atoms with Crippen LogP contribution in [0.4, 0.5) is 0 Å². The van der Waals surface area contributed by atoms with E-state index in [1.165, 1.54) is 0 Å². The molecule has 0 unspecified atom stereocenters. The van der Waals surface area contributed by atoms with Crippen LogP contribution in [0.5, 0.6) is 34.5 Å². The molecule has 0 spiro atoms. The second-order valence-corrected chi connectivity index (χ2v) is 12.7. The number of carboxylic acid groups (broad SMARTS) is 1. The molecule has 1 aliphatic carbocycles. The van der Waals surface area contributed by atoms with Crippen LogP contribution in [0.15, 0.2) is 66.7 Å². The van der Waals surface area contributed by atoms with E-state index in [0.717, 1.165) is 22.3 Å². The van der Waals surface area contributed by atoms with Gasteiger partial charge in [0.1, 0.15) is 47.8 Å². The van der Waals surface area contributed by atoms with E-state index in [0.29, 0.717) is 52.5 Å². The van der Waals surface area contributed by atoms with E-state index in [9.17, 15) is 30.3 Å². The van der Waals surface area contributed by atoms with E-state index in [2.05, 4.69) is 12.1 Å². The van der Waals surface area contributed by atoms with Gasteiger partial charge in [-0.05, 0) is 58.5 Å². The number of aliphatic carboxylic acids is 1. The summed E-state index contributed by atoms with van der Waals surface area (Å²) < 4.78 is 36.5. The molecule has 9 rings (SSSR count). The van der Waals surface area contributed by atoms with Crippen LogP contribution in [-0.2, 0) is 22.4 Å². The number of carbonyl (C=O) groups is 1. The van der Waals surface area contributed by atoms with Gasteiger partial charge in [-0.1, -0.05) is 36.4 Å². The zero-order chi connectivity index (χ0) is 34.1. The zero-order valence-corrected chi connectivity index (χ0v) is 26.5. The molecule has 5 N–H and O–H groups in total. The number of rotatable bonds is 5. The van der Waals surface area contributed by atoms with Gasteiger partial charge >= 0.3 is 5.97 Å². The van der Waals surface area contributed by atoms with Crippen LogP contribution in [0.1, 0.15) is 39.8 Å². The largest absolute Gasteiger partial charge is 0.508 e. The fraction of sp³-hybridized carbons (Fsp3) is 0.324. The third-order valence-electron chi connectivity index (χ3n) is 9.81. The van der Waals surface area contributed by atoms with Crippen LogP contribution in [0.3, 0.4) is 0 Å². The molecule has 254 valence electrons. The van der Waals surface area contributed by atoms with E-state index in [-0.39, 0.29) is 17.4 Å². The lowest BCUT2D eigenvalue weighted by Crippen LogP contribution is -2.61. The molecular formula is C37H34O12. The molecule has 12 heteroatoms. The number of phenols is 1. The topological polar surface area (TPSA) is 174 Å². The Morgan fingerprint density at radius 1 is 0.857 bits per heavy atom. The summed E-state index contributed by atoms with van der Waals surface area (Å²) in [6.45, 7) is 0. The second kappa shape index (κ2) is 11.8. The summed E-state index contributed by atoms with van der Waals surface area (Å²) in [4.78, 5) is 11.8. The lowest BCUT2D eigenvalue weighted by Gasteiger charge is -2.39. The summed E-state index contributed by atoms with van der Waals surface area (Å²) >= 11 is 0. The number of aromatic hydroxyl groups is 1. The maximum absolute atomic E-state index is 11.8. The molecule has 0 amide bonds. The van der Waals surface area contributed by atoms with E-state index >= 15 is 0 Å². The first-order chi connectivity index (χ1) is 23.6. The van der Waals surface area contributed by atoms with E-state index in [1.807, 2.05) is 30.3 Å². The quantitative estimate of drug-likeness (QED) is 0.210. The fourth-order valence-corrected chi connectivity index (χ4v) is 7.55. The van der Waals surface area contributed by atoms with Crippen LogP contribution in [0, 0.1) is 0 Å². The first-order valence-electron chi connectivity index (χ1n) is 15.9. The summed E-state index contributed by atoms with van der Waals surface area (Å²) in [5.41, 5.74) is 5.85. The number of benzene rings is 4. The molecule has 4 aromatic carbocycles. The van der Waals surface area contributed by atoms with Crippen LogP contribution in [-0.4, -0.2) is 82.5 Å². The van der Waals surface area contributed by atoms with E-state index in [1.54, 1.807) is 38.5 Å². The summed E-state index contributed by atoms with van der Waals surface area (Å²) in [6.07, 6.45) is -8.91. The molecule has 1 saturated heterocycles. The van der Waals surface area contributed by atoms with Gasteiger partial charge in [-0.2, -0.15) is 0 Å². The molecule has 4 aliphatic heterocycles. The Balaban J connectivity index is 1.34. The lowest BCUT2D eigenvalue weighted by atomic mass is 9.78. The number of hydrogen-bond donors (Lipinski definition) is 5. The first kappa shape index (κ1) is 31.3. The van der Waals surface area contributed by atoms with Crippen LogP contribution >= 0.6 is 0 Å². The maximum atomic E-state index is 11.8. The Bertz CT molecular complexity index is 1960. The summed E-state index contributed by atoms with van der Waals surface area (Å²) in [7, 11) is 3.12. The standard InChI is InChI=1S/C37H34O12/c1-44-24-9-8-21-27-25-12-17-5-3-4-16(10-17)11-18-6-7-19(38)13-22(18)23-14-20(46-37-31(41)29(39)30(40)35(49-37)36(42)43)15-26(47-25)28(23)34(27)48-32(21)33(24)45-2/h3-10,13-15,25,27,29-31,34-35,37-41H,11-12H2,1-2H3,(H,42,43)/t25-,27-,29+,30+,31-,34-,35+,37-/m1/s1. The number of phenolic OH excluding ortho intramolecular Hbond substituents is 1. The highest BCUT2D eigenvalue weighted by Crippen LogP contribution is 2.60. The van der Waals surface area contributed by atoms with Crippen molar-refractivity contribution in [2.75, 3.05) is 14.2 Å². The number of aliphatic hydroxyl groups is 3. The molecule has 0 saturated carbocycles. The molecular weight excluding hydrogens is 636 g/mol. The molecule has 8 atom stereocenters. The fourth-order valence-electron chi connectivity index (χ4n) is 7.55. The van der Waals surface area contributed by atoms with Crippen molar-refractivity contribution in [1.29, 1.82) is 0 Å². The number of aliphatic hydroxyl groups excluding tert-OH is 3. The van der Waals surface area contributed by atoms with Crippen molar-refractivity contribution in [3.05, 3.63) is 94.5 Å². The molecule has 6 bridgehead atoms. The zero-order valence-electron chi connectivity index (χ0n) is 26.5. The average Bonchev–Trinajstić information content (AvgIpc) is 3.48. The summed E-state index contributed by atoms with van der Waals surface area (Å²) in [5, 5.41) is 51.8. The highest BCUT2D eigenvalue weighted by atomic mass is 16.7. The smallest absolute Gasteiger partial charge is 0.335 e. The van der Waals surface area contributed by atoms with Crippen molar-refractivity contribution in [2.45, 2.75) is 61.7 Å². The van der Waals surface area contributed by atoms with Gasteiger partial charge in [0.05, 0.1) is 20.1 Å². The summed E-state index contributed by atoms with van der Waals surface area (Å²) in [6, 6.07) is 20.5. The minimum atomic E-state index is -1.87. The third kappa shape index (κ3) is 5.10. The first-order valence-corrected chi connectivity index (χ1v) is 15.9. The Labute approximate surface area is 280 Å². The predicted octanol–water partition coefficient (Wildman–Crippen LogP) is 3.47. The highest BCUT2D eigenvalue weighted by molar-refractivity contribution is 5.78. The van der Waals surface area contributed by atoms with Gasteiger partial charge in [0.2, 0.25) is 12.0 Å². The van der Waals surface area contributed by atoms with Crippen molar-refractivity contribution in [1.82, 2.24) is 0 Å². The number of methoxy groups -OCH3 is 2. The Morgan fingerprint density at radius 3 is 2.45 bits per heavy atom. The van der Waals surface area contributed by atoms with Gasteiger partial charge in [0.25, 0.3) is 0 Å². The van der Waals surface area contributed by atoms with E-state index < -0.39 is 48.9 Å². The minimum absolute atomic E-state index is 0.0281. The molecule has 4 aromatic rings. The van der Waals surface area contributed by atoms with Crippen molar-refractivity contribution in [3.8, 4) is 45.6 Å². The molecule has 5 aliphatic rings. The molecule has 4 heterocycles. The number of ether oxygens (including phenoxy) is 6. The average molecular weight is 671 g/mol. The molecule has 0 aromatic heterocycles. The SMILES string of the molecule is COc1ccc2c(c1OC)O[C@H]1c3c4cc(O[C@@H]5O[C@H](C(=O)O)[C@@H](O)[C@H](O)[C@H]5O)cc3-c3cc(O)ccc3Cc3cccc(c3)C[C@@H](O4)[C@@H]21. The van der Waals surface area contributed by atoms with Gasteiger partial charge in [-0.25, -0.2) is 4.79 Å². The predicted molar refractivity (Wildman–Crippen MR) is 172 cm³/mol. The van der Waals surface area contributed by atoms with Crippen molar-refractivity contribution in [3.63, 3.8) is 0 Å². The molecule has 1 fully saturated rings. The lowest BCUT2D eigenvalue weighted by molar-refractivity contribution is -0.271. The number of hydrogen-bond acceptors (Lipinski definition) is 11. The Hall–Kier alpha value is -5.01. The maximum Gasteiger partial charge on any atom is 0.335 e. The summed E-state index contributed by atoms with van der Waals surface area (Å²) in [5.74, 6) is 0.260.